The lowest BCUT2D eigenvalue weighted by molar-refractivity contribution is -0.0392. The summed E-state index contributed by atoms with van der Waals surface area (Å²) in [7, 11) is 0. The Bertz CT molecular complexity index is 83.4. The highest BCUT2D eigenvalue weighted by atomic mass is 16.5. The Kier molecular flexibility index (Phi) is 6.51. The molecule has 0 aliphatic carbocycles. The van der Waals surface area contributed by atoms with Crippen molar-refractivity contribution in [1.29, 1.82) is 0 Å². The van der Waals surface area contributed by atoms with Gasteiger partial charge < -0.3 is 14.6 Å². The van der Waals surface area contributed by atoms with E-state index in [4.69, 9.17) is 14.6 Å². The molecule has 0 bridgehead atoms. The summed E-state index contributed by atoms with van der Waals surface area (Å²) in [5, 5.41) is 9.01. The summed E-state index contributed by atoms with van der Waals surface area (Å²) >= 11 is 0. The van der Waals surface area contributed by atoms with Gasteiger partial charge in [-0.1, -0.05) is 0 Å². The van der Waals surface area contributed by atoms with Crippen LogP contribution in [-0.4, -0.2) is 37.1 Å². The van der Waals surface area contributed by atoms with E-state index in [-0.39, 0.29) is 6.10 Å². The Morgan fingerprint density at radius 2 is 1.91 bits per heavy atom. The zero-order chi connectivity index (χ0) is 8.69. The molecule has 1 N–H and O–H groups in total. The van der Waals surface area contributed by atoms with Crippen molar-refractivity contribution in [2.45, 2.75) is 33.0 Å². The number of aliphatic hydroxyl groups excluding tert-OH is 1. The molecule has 0 aromatic carbocycles. The number of rotatable bonds is 6. The highest BCUT2D eigenvalue weighted by Crippen LogP contribution is 1.96. The number of ether oxygens (including phenoxy) is 2. The average molecular weight is 162 g/mol. The number of hydrogen-bond acceptors (Lipinski definition) is 3. The van der Waals surface area contributed by atoms with Gasteiger partial charge in [-0.3, -0.25) is 0 Å². The van der Waals surface area contributed by atoms with E-state index in [1.54, 1.807) is 6.92 Å². The fraction of sp³-hybridized carbons (Fsp3) is 1.00. The van der Waals surface area contributed by atoms with Crippen molar-refractivity contribution >= 4 is 0 Å². The Morgan fingerprint density at radius 3 is 2.36 bits per heavy atom. The molecule has 0 aromatic rings. The maximum atomic E-state index is 9.01. The molecule has 0 aliphatic heterocycles. The van der Waals surface area contributed by atoms with Gasteiger partial charge in [0.25, 0.3) is 0 Å². The minimum atomic E-state index is -0.406. The lowest BCUT2D eigenvalue weighted by atomic mass is 10.3. The second kappa shape index (κ2) is 6.58. The molecular weight excluding hydrogens is 144 g/mol. The van der Waals surface area contributed by atoms with Crippen molar-refractivity contribution in [3.63, 3.8) is 0 Å². The monoisotopic (exact) mass is 162 g/mol. The van der Waals surface area contributed by atoms with E-state index in [1.807, 2.05) is 13.8 Å². The van der Waals surface area contributed by atoms with Crippen LogP contribution in [-0.2, 0) is 9.47 Å². The van der Waals surface area contributed by atoms with E-state index < -0.39 is 6.10 Å². The van der Waals surface area contributed by atoms with Crippen LogP contribution in [0, 0.1) is 0 Å². The standard InChI is InChI=1S/C8H18O3/c1-4-10-5-6-11-8(3)7(2)9/h7-9H,4-6H2,1-3H3. The van der Waals surface area contributed by atoms with Crippen LogP contribution in [0.5, 0.6) is 0 Å². The van der Waals surface area contributed by atoms with Crippen molar-refractivity contribution in [3.8, 4) is 0 Å². The van der Waals surface area contributed by atoms with Crippen molar-refractivity contribution in [2.24, 2.45) is 0 Å². The first-order valence-electron chi connectivity index (χ1n) is 4.06. The Labute approximate surface area is 68.3 Å². The van der Waals surface area contributed by atoms with Gasteiger partial charge in [-0.05, 0) is 20.8 Å². The Morgan fingerprint density at radius 1 is 1.27 bits per heavy atom. The molecule has 0 radical (unpaired) electrons. The molecule has 0 saturated carbocycles. The first kappa shape index (κ1) is 10.9. The molecule has 0 heterocycles. The molecule has 68 valence electrons. The van der Waals surface area contributed by atoms with Crippen LogP contribution in [0.25, 0.3) is 0 Å². The van der Waals surface area contributed by atoms with E-state index in [0.717, 1.165) is 0 Å². The van der Waals surface area contributed by atoms with E-state index in [2.05, 4.69) is 0 Å². The SMILES string of the molecule is CCOCCOC(C)C(C)O. The summed E-state index contributed by atoms with van der Waals surface area (Å²) in [6.07, 6.45) is -0.507. The molecular formula is C8H18O3. The van der Waals surface area contributed by atoms with E-state index in [1.165, 1.54) is 0 Å². The van der Waals surface area contributed by atoms with Crippen LogP contribution >= 0.6 is 0 Å². The van der Waals surface area contributed by atoms with Gasteiger partial charge in [-0.15, -0.1) is 0 Å². The highest BCUT2D eigenvalue weighted by molar-refractivity contribution is 4.55. The summed E-state index contributed by atoms with van der Waals surface area (Å²) < 4.78 is 10.3. The van der Waals surface area contributed by atoms with Gasteiger partial charge in [-0.25, -0.2) is 0 Å². The number of aliphatic hydroxyl groups is 1. The molecule has 3 heteroatoms. The molecule has 0 aliphatic rings. The molecule has 0 spiro atoms. The second-order valence-corrected chi connectivity index (χ2v) is 2.51. The third-order valence-electron chi connectivity index (χ3n) is 1.49. The molecule has 0 rings (SSSR count). The summed E-state index contributed by atoms with van der Waals surface area (Å²) in [6.45, 7) is 7.37. The summed E-state index contributed by atoms with van der Waals surface area (Å²) in [6, 6.07) is 0. The normalized spacial score (nSPS) is 16.4. The summed E-state index contributed by atoms with van der Waals surface area (Å²) in [4.78, 5) is 0. The molecule has 2 atom stereocenters. The fourth-order valence-electron chi connectivity index (χ4n) is 0.577. The minimum absolute atomic E-state index is 0.101. The quantitative estimate of drug-likeness (QED) is 0.587. The topological polar surface area (TPSA) is 38.7 Å². The highest BCUT2D eigenvalue weighted by Gasteiger charge is 2.07. The van der Waals surface area contributed by atoms with Crippen LogP contribution in [0.4, 0.5) is 0 Å². The predicted octanol–water partition coefficient (Wildman–Crippen LogP) is 0.809. The van der Waals surface area contributed by atoms with Crippen LogP contribution < -0.4 is 0 Å². The first-order chi connectivity index (χ1) is 5.18. The van der Waals surface area contributed by atoms with Gasteiger partial charge in [0.15, 0.2) is 0 Å². The first-order valence-corrected chi connectivity index (χ1v) is 4.06. The molecule has 0 amide bonds. The van der Waals surface area contributed by atoms with Gasteiger partial charge in [0.1, 0.15) is 0 Å². The lowest BCUT2D eigenvalue weighted by Gasteiger charge is -2.15. The van der Waals surface area contributed by atoms with Gasteiger partial charge in [0.05, 0.1) is 25.4 Å². The van der Waals surface area contributed by atoms with E-state index in [0.29, 0.717) is 19.8 Å². The van der Waals surface area contributed by atoms with Crippen LogP contribution in [0.15, 0.2) is 0 Å². The van der Waals surface area contributed by atoms with Crippen molar-refractivity contribution in [3.05, 3.63) is 0 Å². The van der Waals surface area contributed by atoms with E-state index in [9.17, 15) is 0 Å². The summed E-state index contributed by atoms with van der Waals surface area (Å²) in [5.41, 5.74) is 0. The average Bonchev–Trinajstić information content (AvgIpc) is 1.97. The third-order valence-corrected chi connectivity index (χ3v) is 1.49. The minimum Gasteiger partial charge on any atom is -0.391 e. The van der Waals surface area contributed by atoms with Crippen LogP contribution in [0.3, 0.4) is 0 Å². The van der Waals surface area contributed by atoms with Crippen LogP contribution in [0.2, 0.25) is 0 Å². The second-order valence-electron chi connectivity index (χ2n) is 2.51. The Balaban J connectivity index is 3.10. The molecule has 0 saturated heterocycles. The van der Waals surface area contributed by atoms with Crippen molar-refractivity contribution in [1.82, 2.24) is 0 Å². The molecule has 11 heavy (non-hydrogen) atoms. The summed E-state index contributed by atoms with van der Waals surface area (Å²) in [5.74, 6) is 0. The van der Waals surface area contributed by atoms with Crippen molar-refractivity contribution < 1.29 is 14.6 Å². The van der Waals surface area contributed by atoms with Crippen molar-refractivity contribution in [2.75, 3.05) is 19.8 Å². The van der Waals surface area contributed by atoms with Crippen LogP contribution in [0.1, 0.15) is 20.8 Å². The molecule has 0 aromatic heterocycles. The predicted molar refractivity (Wildman–Crippen MR) is 43.6 cm³/mol. The Hall–Kier alpha value is -0.120. The maximum absolute atomic E-state index is 9.01. The van der Waals surface area contributed by atoms with Gasteiger partial charge in [0.2, 0.25) is 0 Å². The zero-order valence-corrected chi connectivity index (χ0v) is 7.54. The van der Waals surface area contributed by atoms with Gasteiger partial charge in [-0.2, -0.15) is 0 Å². The molecule has 0 fully saturated rings. The maximum Gasteiger partial charge on any atom is 0.0804 e. The zero-order valence-electron chi connectivity index (χ0n) is 7.54. The molecule has 2 unspecified atom stereocenters. The lowest BCUT2D eigenvalue weighted by Crippen LogP contribution is -2.24. The number of hydrogen-bond donors (Lipinski definition) is 1. The smallest absolute Gasteiger partial charge is 0.0804 e. The van der Waals surface area contributed by atoms with Gasteiger partial charge in [0, 0.05) is 6.61 Å². The van der Waals surface area contributed by atoms with E-state index >= 15 is 0 Å². The van der Waals surface area contributed by atoms with Gasteiger partial charge >= 0.3 is 0 Å². The molecule has 3 nitrogen and oxygen atoms in total. The third kappa shape index (κ3) is 6.28. The fourth-order valence-corrected chi connectivity index (χ4v) is 0.577. The largest absolute Gasteiger partial charge is 0.391 e.